The van der Waals surface area contributed by atoms with E-state index in [1.165, 1.54) is 60.1 Å². The minimum atomic E-state index is -3.84. The van der Waals surface area contributed by atoms with E-state index in [4.69, 9.17) is 4.74 Å². The zero-order chi connectivity index (χ0) is 25.8. The average Bonchev–Trinajstić information content (AvgIpc) is 2.89. The van der Waals surface area contributed by atoms with Gasteiger partial charge in [0, 0.05) is 25.0 Å². The highest BCUT2D eigenvalue weighted by Crippen LogP contribution is 2.26. The minimum Gasteiger partial charge on any atom is -0.497 e. The van der Waals surface area contributed by atoms with Crippen LogP contribution in [-0.2, 0) is 24.8 Å². The van der Waals surface area contributed by atoms with E-state index in [0.717, 1.165) is 0 Å². The van der Waals surface area contributed by atoms with Crippen molar-refractivity contribution in [3.05, 3.63) is 72.9 Å². The molecule has 1 atom stereocenters. The van der Waals surface area contributed by atoms with Crippen molar-refractivity contribution in [1.29, 1.82) is 0 Å². The van der Waals surface area contributed by atoms with Crippen LogP contribution in [0.25, 0.3) is 0 Å². The number of aromatic nitrogens is 1. The predicted molar refractivity (Wildman–Crippen MR) is 135 cm³/mol. The summed E-state index contributed by atoms with van der Waals surface area (Å²) in [5.41, 5.74) is 0.409. The standard InChI is InChI=1S/C24H26N4O6S2/c1-34-20-9-13-22(14-10-20)36(32,33)28-16-4-5-18(17-28)24(29)26-19-7-11-21(12-8-19)35(30,31)27-23-6-2-3-15-25-23/h2-3,6-15,18H,4-5,16-17H2,1H3,(H,25,27)(H,26,29)/t18-/m0/s1. The number of carbonyl (C=O) groups is 1. The van der Waals surface area contributed by atoms with Gasteiger partial charge >= 0.3 is 0 Å². The Kier molecular flexibility index (Phi) is 7.57. The molecule has 36 heavy (non-hydrogen) atoms. The monoisotopic (exact) mass is 530 g/mol. The maximum Gasteiger partial charge on any atom is 0.263 e. The van der Waals surface area contributed by atoms with Crippen LogP contribution in [0.15, 0.2) is 82.7 Å². The first-order valence-corrected chi connectivity index (χ1v) is 14.1. The molecule has 190 valence electrons. The third kappa shape index (κ3) is 5.83. The summed E-state index contributed by atoms with van der Waals surface area (Å²) in [5, 5.41) is 2.76. The summed E-state index contributed by atoms with van der Waals surface area (Å²) in [6.07, 6.45) is 2.57. The molecule has 1 aliphatic rings. The number of nitrogens with zero attached hydrogens (tertiary/aromatic N) is 2. The van der Waals surface area contributed by atoms with Crippen LogP contribution < -0.4 is 14.8 Å². The molecule has 1 aromatic heterocycles. The molecule has 0 radical (unpaired) electrons. The zero-order valence-electron chi connectivity index (χ0n) is 19.5. The number of hydrogen-bond donors (Lipinski definition) is 2. The Hall–Kier alpha value is -3.48. The van der Waals surface area contributed by atoms with Crippen molar-refractivity contribution in [2.24, 2.45) is 5.92 Å². The number of anilines is 2. The molecule has 1 fully saturated rings. The molecule has 4 rings (SSSR count). The molecule has 0 spiro atoms. The van der Waals surface area contributed by atoms with Gasteiger partial charge in [0.2, 0.25) is 15.9 Å². The van der Waals surface area contributed by atoms with Gasteiger partial charge < -0.3 is 10.1 Å². The summed E-state index contributed by atoms with van der Waals surface area (Å²) in [4.78, 5) is 17.0. The first-order chi connectivity index (χ1) is 17.2. The Morgan fingerprint density at radius 1 is 0.972 bits per heavy atom. The average molecular weight is 531 g/mol. The second-order valence-corrected chi connectivity index (χ2v) is 11.8. The van der Waals surface area contributed by atoms with Crippen molar-refractivity contribution >= 4 is 37.5 Å². The van der Waals surface area contributed by atoms with E-state index in [1.54, 1.807) is 24.3 Å². The van der Waals surface area contributed by atoms with Gasteiger partial charge in [0.1, 0.15) is 11.6 Å². The molecule has 0 unspecified atom stereocenters. The van der Waals surface area contributed by atoms with Crippen LogP contribution in [0.3, 0.4) is 0 Å². The van der Waals surface area contributed by atoms with Gasteiger partial charge in [-0.15, -0.1) is 0 Å². The number of pyridine rings is 1. The van der Waals surface area contributed by atoms with Gasteiger partial charge in [-0.2, -0.15) is 4.31 Å². The highest BCUT2D eigenvalue weighted by Gasteiger charge is 2.33. The van der Waals surface area contributed by atoms with E-state index >= 15 is 0 Å². The summed E-state index contributed by atoms with van der Waals surface area (Å²) in [7, 11) is -6.09. The van der Waals surface area contributed by atoms with E-state index in [1.807, 2.05) is 0 Å². The van der Waals surface area contributed by atoms with Gasteiger partial charge in [-0.1, -0.05) is 6.07 Å². The van der Waals surface area contributed by atoms with E-state index in [9.17, 15) is 21.6 Å². The SMILES string of the molecule is COc1ccc(S(=O)(=O)N2CCC[C@H](C(=O)Nc3ccc(S(=O)(=O)Nc4ccccn4)cc3)C2)cc1. The fourth-order valence-corrected chi connectivity index (χ4v) is 6.39. The van der Waals surface area contributed by atoms with Crippen LogP contribution in [0.2, 0.25) is 0 Å². The third-order valence-electron chi connectivity index (χ3n) is 5.79. The van der Waals surface area contributed by atoms with Crippen molar-refractivity contribution in [3.63, 3.8) is 0 Å². The maximum absolute atomic E-state index is 13.1. The van der Waals surface area contributed by atoms with Gasteiger partial charge in [0.15, 0.2) is 0 Å². The van der Waals surface area contributed by atoms with Crippen molar-refractivity contribution in [2.75, 3.05) is 30.2 Å². The van der Waals surface area contributed by atoms with Crippen LogP contribution >= 0.6 is 0 Å². The maximum atomic E-state index is 13.1. The lowest BCUT2D eigenvalue weighted by Gasteiger charge is -2.31. The summed E-state index contributed by atoms with van der Waals surface area (Å²) in [6.45, 7) is 0.384. The topological polar surface area (TPSA) is 135 Å². The van der Waals surface area contributed by atoms with Crippen molar-refractivity contribution in [3.8, 4) is 5.75 Å². The second-order valence-electron chi connectivity index (χ2n) is 8.21. The van der Waals surface area contributed by atoms with Crippen molar-refractivity contribution in [1.82, 2.24) is 9.29 Å². The molecule has 2 heterocycles. The number of piperidine rings is 1. The van der Waals surface area contributed by atoms with Gasteiger partial charge in [0.05, 0.1) is 22.8 Å². The molecule has 2 N–H and O–H groups in total. The first kappa shape index (κ1) is 25.6. The molecule has 0 bridgehead atoms. The molecule has 10 nitrogen and oxygen atoms in total. The largest absolute Gasteiger partial charge is 0.497 e. The number of amides is 1. The van der Waals surface area contributed by atoms with E-state index < -0.39 is 26.0 Å². The summed E-state index contributed by atoms with van der Waals surface area (Å²) in [6, 6.07) is 16.7. The lowest BCUT2D eigenvalue weighted by molar-refractivity contribution is -0.120. The molecule has 0 aliphatic carbocycles. The molecular formula is C24H26N4O6S2. The summed E-state index contributed by atoms with van der Waals surface area (Å²) < 4.78 is 60.0. The Morgan fingerprint density at radius 2 is 1.67 bits per heavy atom. The van der Waals surface area contributed by atoms with E-state index in [0.29, 0.717) is 30.8 Å². The lowest BCUT2D eigenvalue weighted by atomic mass is 9.99. The number of hydrogen-bond acceptors (Lipinski definition) is 7. The number of nitrogens with one attached hydrogen (secondary N) is 2. The van der Waals surface area contributed by atoms with Gasteiger partial charge in [-0.05, 0) is 73.5 Å². The van der Waals surface area contributed by atoms with Crippen LogP contribution in [-0.4, -0.2) is 52.2 Å². The van der Waals surface area contributed by atoms with Crippen molar-refractivity contribution < 1.29 is 26.4 Å². The lowest BCUT2D eigenvalue weighted by Crippen LogP contribution is -2.43. The molecule has 3 aromatic rings. The quantitative estimate of drug-likeness (QED) is 0.457. The third-order valence-corrected chi connectivity index (χ3v) is 9.04. The molecule has 2 aromatic carbocycles. The van der Waals surface area contributed by atoms with E-state index in [-0.39, 0.29) is 28.1 Å². The fraction of sp³-hybridized carbons (Fsp3) is 0.250. The highest BCUT2D eigenvalue weighted by molar-refractivity contribution is 7.92. The van der Waals surface area contributed by atoms with Crippen LogP contribution in [0.4, 0.5) is 11.5 Å². The predicted octanol–water partition coefficient (Wildman–Crippen LogP) is 2.93. The summed E-state index contributed by atoms with van der Waals surface area (Å²) >= 11 is 0. The Labute approximate surface area is 210 Å². The Bertz CT molecular complexity index is 1410. The Morgan fingerprint density at radius 3 is 2.31 bits per heavy atom. The number of ether oxygens (including phenoxy) is 1. The minimum absolute atomic E-state index is 0.0144. The molecule has 1 aliphatic heterocycles. The molecule has 12 heteroatoms. The van der Waals surface area contributed by atoms with Gasteiger partial charge in [-0.3, -0.25) is 9.52 Å². The smallest absolute Gasteiger partial charge is 0.263 e. The number of rotatable bonds is 8. The molecule has 1 amide bonds. The molecule has 1 saturated heterocycles. The summed E-state index contributed by atoms with van der Waals surface area (Å²) in [5.74, 6) is -0.120. The zero-order valence-corrected chi connectivity index (χ0v) is 21.1. The van der Waals surface area contributed by atoms with Crippen LogP contribution in [0.1, 0.15) is 12.8 Å². The normalized spacial score (nSPS) is 16.8. The van der Waals surface area contributed by atoms with Crippen LogP contribution in [0.5, 0.6) is 5.75 Å². The fourth-order valence-electron chi connectivity index (χ4n) is 3.85. The molecular weight excluding hydrogens is 504 g/mol. The number of carbonyl (C=O) groups excluding carboxylic acids is 1. The number of methoxy groups -OCH3 is 1. The van der Waals surface area contributed by atoms with E-state index in [2.05, 4.69) is 15.0 Å². The van der Waals surface area contributed by atoms with Crippen LogP contribution in [0, 0.1) is 5.92 Å². The van der Waals surface area contributed by atoms with Gasteiger partial charge in [0.25, 0.3) is 10.0 Å². The highest BCUT2D eigenvalue weighted by atomic mass is 32.2. The second kappa shape index (κ2) is 10.6. The van der Waals surface area contributed by atoms with Crippen molar-refractivity contribution in [2.45, 2.75) is 22.6 Å². The van der Waals surface area contributed by atoms with Gasteiger partial charge in [-0.25, -0.2) is 21.8 Å². The first-order valence-electron chi connectivity index (χ1n) is 11.2. The number of benzene rings is 2. The number of sulfonamides is 2. The molecule has 0 saturated carbocycles. The Balaban J connectivity index is 1.40.